The van der Waals surface area contributed by atoms with Crippen molar-refractivity contribution in [3.63, 3.8) is 0 Å². The summed E-state index contributed by atoms with van der Waals surface area (Å²) in [6.45, 7) is 1.65. The molecule has 3 unspecified atom stereocenters. The highest BCUT2D eigenvalue weighted by atomic mass is 32.2. The van der Waals surface area contributed by atoms with Crippen LogP contribution in [0.4, 0.5) is 10.5 Å². The number of nitrogens with zero attached hydrogens (tertiary/aromatic N) is 3. The van der Waals surface area contributed by atoms with Crippen LogP contribution in [0.25, 0.3) is 0 Å². The molecule has 0 aromatic heterocycles. The van der Waals surface area contributed by atoms with Gasteiger partial charge in [0.25, 0.3) is 11.8 Å². The molecule has 5 aliphatic rings. The molecule has 1 aliphatic carbocycles. The number of anilines is 1. The Balaban J connectivity index is 1.07. The van der Waals surface area contributed by atoms with Crippen molar-refractivity contribution in [2.75, 3.05) is 24.5 Å². The topological polar surface area (TPSA) is 127 Å². The Hall–Kier alpha value is -4.27. The van der Waals surface area contributed by atoms with Crippen molar-refractivity contribution in [3.8, 4) is 17.6 Å². The standard InChI is InChI=1S/C33H34N6O4S/c34-18-21(16-20-11-12-20)32(41)38-15-5-6-22(19-38)36-30(40)29-28-27-26(13-14-35-31(27)44-29)39(33(42)37-28)23-7-4-10-25(17-23)43-24-8-2-1-3-9-24/h1-4,7-10,16-17,20,22,26-27,31,35H,5-6,11-15,19H2,(H,36,40)(H,37,42)/b21-16+/t22-,26?,27?,31?/m1/s1. The maximum Gasteiger partial charge on any atom is 0.326 e. The van der Waals surface area contributed by atoms with Gasteiger partial charge in [0.15, 0.2) is 0 Å². The van der Waals surface area contributed by atoms with Gasteiger partial charge in [-0.1, -0.05) is 42.1 Å². The third-order valence-corrected chi connectivity index (χ3v) is 10.2. The fraction of sp³-hybridized carbons (Fsp3) is 0.394. The first kappa shape index (κ1) is 28.5. The molecule has 4 aliphatic heterocycles. The number of nitrogens with one attached hydrogen (secondary N) is 3. The van der Waals surface area contributed by atoms with Crippen LogP contribution >= 0.6 is 11.8 Å². The molecular formula is C33H34N6O4S. The Morgan fingerprint density at radius 1 is 1.07 bits per heavy atom. The minimum absolute atomic E-state index is 0.0495. The van der Waals surface area contributed by atoms with Crippen LogP contribution in [0.1, 0.15) is 32.1 Å². The highest BCUT2D eigenvalue weighted by molar-refractivity contribution is 8.04. The van der Waals surface area contributed by atoms with Gasteiger partial charge in [-0.15, -0.1) is 0 Å². The van der Waals surface area contributed by atoms with Crippen LogP contribution in [-0.4, -0.2) is 59.8 Å². The number of urea groups is 1. The number of piperidine rings is 2. The largest absolute Gasteiger partial charge is 0.457 e. The van der Waals surface area contributed by atoms with Crippen molar-refractivity contribution in [3.05, 3.63) is 76.8 Å². The van der Waals surface area contributed by atoms with E-state index in [1.165, 1.54) is 11.8 Å². The maximum absolute atomic E-state index is 13.7. The fourth-order valence-electron chi connectivity index (χ4n) is 6.60. The summed E-state index contributed by atoms with van der Waals surface area (Å²) in [5.41, 5.74) is 1.60. The molecule has 10 nitrogen and oxygen atoms in total. The lowest BCUT2D eigenvalue weighted by Gasteiger charge is -2.45. The average Bonchev–Trinajstić information content (AvgIpc) is 3.79. The first-order valence-electron chi connectivity index (χ1n) is 15.3. The number of allylic oxidation sites excluding steroid dienone is 1. The number of carbonyl (C=O) groups excluding carboxylic acids is 3. The Morgan fingerprint density at radius 2 is 1.89 bits per heavy atom. The minimum Gasteiger partial charge on any atom is -0.457 e. The Bertz CT molecular complexity index is 1580. The average molecular weight is 611 g/mol. The van der Waals surface area contributed by atoms with E-state index in [1.807, 2.05) is 54.6 Å². The molecule has 2 aromatic rings. The van der Waals surface area contributed by atoms with Gasteiger partial charge >= 0.3 is 6.03 Å². The van der Waals surface area contributed by atoms with E-state index in [2.05, 4.69) is 22.0 Å². The van der Waals surface area contributed by atoms with E-state index in [4.69, 9.17) is 4.74 Å². The molecule has 44 heavy (non-hydrogen) atoms. The molecule has 4 heterocycles. The van der Waals surface area contributed by atoms with Crippen LogP contribution in [0, 0.1) is 23.2 Å². The Labute approximate surface area is 260 Å². The van der Waals surface area contributed by atoms with Crippen LogP contribution in [0.2, 0.25) is 0 Å². The summed E-state index contributed by atoms with van der Waals surface area (Å²) < 4.78 is 6.04. The molecule has 4 atom stereocenters. The lowest BCUT2D eigenvalue weighted by Crippen LogP contribution is -2.62. The number of ether oxygens (including phenoxy) is 1. The van der Waals surface area contributed by atoms with Gasteiger partial charge in [0.05, 0.1) is 16.3 Å². The quantitative estimate of drug-likeness (QED) is 0.316. The summed E-state index contributed by atoms with van der Waals surface area (Å²) >= 11 is 1.46. The van der Waals surface area contributed by atoms with E-state index in [-0.39, 0.29) is 46.8 Å². The molecule has 4 fully saturated rings. The molecule has 7 rings (SSSR count). The monoisotopic (exact) mass is 610 g/mol. The Morgan fingerprint density at radius 3 is 2.68 bits per heavy atom. The van der Waals surface area contributed by atoms with Crippen LogP contribution in [0.5, 0.6) is 11.5 Å². The second-order valence-electron chi connectivity index (χ2n) is 11.9. The van der Waals surface area contributed by atoms with Crippen molar-refractivity contribution in [1.82, 2.24) is 20.9 Å². The molecule has 4 amide bonds. The number of benzene rings is 2. The zero-order valence-corrected chi connectivity index (χ0v) is 25.0. The number of rotatable bonds is 7. The minimum atomic E-state index is -0.271. The number of likely N-dealkylation sites (tertiary alicyclic amines) is 1. The number of hydrogen-bond acceptors (Lipinski definition) is 7. The number of para-hydroxylation sites is 1. The second kappa shape index (κ2) is 12.0. The zero-order chi connectivity index (χ0) is 30.2. The van der Waals surface area contributed by atoms with Gasteiger partial charge in [-0.25, -0.2) is 4.79 Å². The maximum atomic E-state index is 13.7. The number of carbonyl (C=O) groups is 3. The van der Waals surface area contributed by atoms with E-state index < -0.39 is 0 Å². The molecule has 2 aromatic carbocycles. The molecule has 226 valence electrons. The zero-order valence-electron chi connectivity index (χ0n) is 24.2. The number of nitriles is 1. The number of thioether (sulfide) groups is 1. The lowest BCUT2D eigenvalue weighted by atomic mass is 9.86. The number of amides is 4. The van der Waals surface area contributed by atoms with Gasteiger partial charge in [0.2, 0.25) is 0 Å². The van der Waals surface area contributed by atoms with Crippen LogP contribution in [0.15, 0.2) is 76.8 Å². The van der Waals surface area contributed by atoms with Crippen molar-refractivity contribution in [2.24, 2.45) is 11.8 Å². The van der Waals surface area contributed by atoms with Gasteiger partial charge in [-0.2, -0.15) is 5.26 Å². The summed E-state index contributed by atoms with van der Waals surface area (Å²) in [7, 11) is 0. The van der Waals surface area contributed by atoms with Crippen LogP contribution < -0.4 is 25.6 Å². The summed E-state index contributed by atoms with van der Waals surface area (Å²) in [5, 5.41) is 19.2. The summed E-state index contributed by atoms with van der Waals surface area (Å²) in [6.07, 6.45) is 6.06. The fourth-order valence-corrected chi connectivity index (χ4v) is 8.00. The summed E-state index contributed by atoms with van der Waals surface area (Å²) in [6, 6.07) is 18.5. The van der Waals surface area contributed by atoms with Crippen molar-refractivity contribution in [1.29, 1.82) is 5.26 Å². The van der Waals surface area contributed by atoms with Crippen molar-refractivity contribution in [2.45, 2.75) is 49.6 Å². The molecule has 0 spiro atoms. The van der Waals surface area contributed by atoms with E-state index in [0.717, 1.165) is 44.3 Å². The number of hydrogen-bond donors (Lipinski definition) is 3. The Kier molecular flexibility index (Phi) is 7.78. The highest BCUT2D eigenvalue weighted by Crippen LogP contribution is 2.48. The summed E-state index contributed by atoms with van der Waals surface area (Å²) in [4.78, 5) is 44.4. The smallest absolute Gasteiger partial charge is 0.326 e. The third kappa shape index (κ3) is 5.67. The first-order valence-corrected chi connectivity index (χ1v) is 16.2. The van der Waals surface area contributed by atoms with Crippen LogP contribution in [-0.2, 0) is 9.59 Å². The van der Waals surface area contributed by atoms with E-state index in [9.17, 15) is 19.6 Å². The molecule has 3 N–H and O–H groups in total. The van der Waals surface area contributed by atoms with Gasteiger partial charge in [0.1, 0.15) is 23.1 Å². The van der Waals surface area contributed by atoms with Gasteiger partial charge in [-0.05, 0) is 68.8 Å². The normalized spacial score (nSPS) is 26.4. The van der Waals surface area contributed by atoms with Gasteiger partial charge < -0.3 is 25.6 Å². The molecular weight excluding hydrogens is 576 g/mol. The van der Waals surface area contributed by atoms with Crippen molar-refractivity contribution >= 4 is 35.3 Å². The second-order valence-corrected chi connectivity index (χ2v) is 13.1. The highest BCUT2D eigenvalue weighted by Gasteiger charge is 2.52. The predicted molar refractivity (Wildman–Crippen MR) is 166 cm³/mol. The molecule has 0 bridgehead atoms. The van der Waals surface area contributed by atoms with Gasteiger partial charge in [0, 0.05) is 42.5 Å². The predicted octanol–water partition coefficient (Wildman–Crippen LogP) is 4.24. The third-order valence-electron chi connectivity index (χ3n) is 8.84. The van der Waals surface area contributed by atoms with Crippen LogP contribution in [0.3, 0.4) is 0 Å². The molecule has 0 radical (unpaired) electrons. The molecule has 3 saturated heterocycles. The van der Waals surface area contributed by atoms with Crippen molar-refractivity contribution < 1.29 is 19.1 Å². The first-order chi connectivity index (χ1) is 21.5. The van der Waals surface area contributed by atoms with E-state index >= 15 is 0 Å². The molecule has 1 saturated carbocycles. The lowest BCUT2D eigenvalue weighted by molar-refractivity contribution is -0.129. The van der Waals surface area contributed by atoms with E-state index in [1.54, 1.807) is 15.9 Å². The summed E-state index contributed by atoms with van der Waals surface area (Å²) in [5.74, 6) is 1.11. The SMILES string of the molecule is N#C/C(=C\C1CC1)C(=O)N1CCC[C@@H](NC(=O)C2=C3NC(=O)N(c4cccc(Oc5ccccc5)c4)C4CCNC(S2)C34)C1. The molecule has 11 heteroatoms. The van der Waals surface area contributed by atoms with Gasteiger partial charge in [-0.3, -0.25) is 14.5 Å². The van der Waals surface area contributed by atoms with E-state index in [0.29, 0.717) is 41.1 Å².